The summed E-state index contributed by atoms with van der Waals surface area (Å²) >= 11 is 0. The number of amides is 8. The average molecular weight is 1070 g/mol. The third-order valence-electron chi connectivity index (χ3n) is 14.9. The number of fused-ring (bicyclic) bond motifs is 2. The van der Waals surface area contributed by atoms with E-state index in [0.29, 0.717) is 0 Å². The molecular formula is C54H82Cl2N10O8. The topological polar surface area (TPSA) is 239 Å². The Balaban J connectivity index is 0.00000593. The molecule has 8 amide bonds. The van der Waals surface area contributed by atoms with Crippen molar-refractivity contribution < 1.29 is 38.4 Å². The summed E-state index contributed by atoms with van der Waals surface area (Å²) < 4.78 is 0. The molecular weight excluding hydrogens is 988 g/mol. The number of carbonyl (C=O) groups is 8. The van der Waals surface area contributed by atoms with Crippen LogP contribution < -0.4 is 42.5 Å². The van der Waals surface area contributed by atoms with Crippen LogP contribution in [0.3, 0.4) is 0 Å². The Morgan fingerprint density at radius 1 is 0.554 bits per heavy atom. The lowest BCUT2D eigenvalue weighted by atomic mass is 9.85. The predicted molar refractivity (Wildman–Crippen MR) is 288 cm³/mol. The Morgan fingerprint density at radius 3 is 1.24 bits per heavy atom. The van der Waals surface area contributed by atoms with Gasteiger partial charge in [0.25, 0.3) is 0 Å². The molecule has 2 fully saturated rings. The Kier molecular flexibility index (Phi) is 21.9. The fourth-order valence-corrected chi connectivity index (χ4v) is 10.5. The second-order valence-corrected chi connectivity index (χ2v) is 22.5. The van der Waals surface area contributed by atoms with E-state index in [0.717, 1.165) is 60.8 Å². The van der Waals surface area contributed by atoms with E-state index < -0.39 is 82.8 Å². The Labute approximate surface area is 449 Å². The maximum atomic E-state index is 14.6. The lowest BCUT2D eigenvalue weighted by Crippen LogP contribution is -2.59. The molecule has 2 aromatic rings. The number of rotatable bonds is 17. The summed E-state index contributed by atoms with van der Waals surface area (Å²) in [7, 11) is 3.30. The minimum atomic E-state index is -0.985. The van der Waals surface area contributed by atoms with Crippen molar-refractivity contribution in [3.05, 3.63) is 70.8 Å². The van der Waals surface area contributed by atoms with Crippen LogP contribution in [0.4, 0.5) is 0 Å². The molecule has 0 saturated carbocycles. The molecule has 2 aliphatic heterocycles. The molecule has 4 aliphatic rings. The van der Waals surface area contributed by atoms with Crippen molar-refractivity contribution >= 4 is 72.1 Å². The number of benzene rings is 2. The van der Waals surface area contributed by atoms with Crippen molar-refractivity contribution in [1.29, 1.82) is 0 Å². The maximum absolute atomic E-state index is 14.6. The number of halogens is 2. The van der Waals surface area contributed by atoms with Gasteiger partial charge in [0.2, 0.25) is 47.3 Å². The SMILES string of the molecule is CN[C@@H](C)C(=O)N[C@@H](C(=O)N1CC(NC(=O)CCC(=O)N[C@H]2C[C@@H](C(=O)N[C@@H]3CCCc4ccccc43)N(C(=O)[C@H](NC(=O)[C@H](C)NC)C(C)(C)C)C2)C[C@H]1C(=O)N[C@@H]1CCCc2ccccc21)C(C)(C)C.Cl.Cl. The van der Waals surface area contributed by atoms with Crippen molar-refractivity contribution in [2.75, 3.05) is 27.2 Å². The van der Waals surface area contributed by atoms with Gasteiger partial charge in [0.05, 0.1) is 24.2 Å². The highest BCUT2D eigenvalue weighted by Gasteiger charge is 2.48. The van der Waals surface area contributed by atoms with Gasteiger partial charge in [0.1, 0.15) is 24.2 Å². The molecule has 2 saturated heterocycles. The van der Waals surface area contributed by atoms with Gasteiger partial charge < -0.3 is 52.3 Å². The van der Waals surface area contributed by atoms with Gasteiger partial charge in [-0.25, -0.2) is 0 Å². The van der Waals surface area contributed by atoms with Crippen LogP contribution in [0.15, 0.2) is 48.5 Å². The van der Waals surface area contributed by atoms with Gasteiger partial charge in [0.15, 0.2) is 0 Å². The summed E-state index contributed by atoms with van der Waals surface area (Å²) in [5.74, 6) is -3.24. The lowest BCUT2D eigenvalue weighted by Gasteiger charge is -2.36. The van der Waals surface area contributed by atoms with E-state index in [1.807, 2.05) is 77.9 Å². The molecule has 10 atom stereocenters. The van der Waals surface area contributed by atoms with Gasteiger partial charge in [-0.1, -0.05) is 90.1 Å². The fraction of sp³-hybridized carbons (Fsp3) is 0.630. The first-order valence-corrected chi connectivity index (χ1v) is 25.9. The number of likely N-dealkylation sites (tertiary alicyclic amines) is 2. The zero-order valence-corrected chi connectivity index (χ0v) is 46.5. The molecule has 0 radical (unpaired) electrons. The van der Waals surface area contributed by atoms with Crippen LogP contribution in [0.2, 0.25) is 0 Å². The lowest BCUT2D eigenvalue weighted by molar-refractivity contribution is -0.144. The van der Waals surface area contributed by atoms with Crippen LogP contribution >= 0.6 is 24.8 Å². The zero-order valence-electron chi connectivity index (χ0n) is 44.9. The average Bonchev–Trinajstić information content (AvgIpc) is 3.97. The second kappa shape index (κ2) is 26.5. The van der Waals surface area contributed by atoms with Crippen LogP contribution in [-0.2, 0) is 51.2 Å². The molecule has 8 N–H and O–H groups in total. The highest BCUT2D eigenvalue weighted by molar-refractivity contribution is 5.96. The first-order valence-electron chi connectivity index (χ1n) is 25.9. The van der Waals surface area contributed by atoms with Crippen molar-refractivity contribution in [3.63, 3.8) is 0 Å². The second-order valence-electron chi connectivity index (χ2n) is 22.5. The van der Waals surface area contributed by atoms with Crippen LogP contribution in [0.25, 0.3) is 0 Å². The van der Waals surface area contributed by atoms with Crippen LogP contribution in [0.1, 0.15) is 141 Å². The largest absolute Gasteiger partial charge is 0.351 e. The first-order chi connectivity index (χ1) is 34.0. The van der Waals surface area contributed by atoms with Crippen molar-refractivity contribution in [3.8, 4) is 0 Å². The number of hydrogen-bond acceptors (Lipinski definition) is 10. The van der Waals surface area contributed by atoms with Crippen molar-refractivity contribution in [2.45, 2.75) is 180 Å². The summed E-state index contributed by atoms with van der Waals surface area (Å²) in [6.07, 6.45) is 4.87. The number of aryl methyl sites for hydroxylation is 2. The molecule has 2 aliphatic carbocycles. The smallest absolute Gasteiger partial charge is 0.246 e. The molecule has 410 valence electrons. The molecule has 2 heterocycles. The van der Waals surface area contributed by atoms with Crippen LogP contribution in [0.5, 0.6) is 0 Å². The molecule has 18 nitrogen and oxygen atoms in total. The molecule has 6 rings (SSSR count). The number of carbonyl (C=O) groups excluding carboxylic acids is 8. The highest BCUT2D eigenvalue weighted by Crippen LogP contribution is 2.34. The molecule has 2 aromatic carbocycles. The van der Waals surface area contributed by atoms with E-state index in [-0.39, 0.29) is 99.3 Å². The monoisotopic (exact) mass is 1070 g/mol. The number of nitrogens with one attached hydrogen (secondary N) is 8. The van der Waals surface area contributed by atoms with Gasteiger partial charge in [-0.3, -0.25) is 38.4 Å². The quantitative estimate of drug-likeness (QED) is 0.115. The molecule has 1 unspecified atom stereocenters. The van der Waals surface area contributed by atoms with Gasteiger partial charge in [-0.15, -0.1) is 24.8 Å². The fourth-order valence-electron chi connectivity index (χ4n) is 10.5. The predicted octanol–water partition coefficient (Wildman–Crippen LogP) is 3.45. The number of nitrogens with zero attached hydrogens (tertiary/aromatic N) is 2. The zero-order chi connectivity index (χ0) is 52.7. The van der Waals surface area contributed by atoms with E-state index in [4.69, 9.17) is 0 Å². The Bertz CT molecular complexity index is 2180. The van der Waals surface area contributed by atoms with Crippen LogP contribution in [-0.4, -0.2) is 133 Å². The maximum Gasteiger partial charge on any atom is 0.246 e. The third-order valence-corrected chi connectivity index (χ3v) is 14.9. The number of likely N-dealkylation sites (N-methyl/N-ethyl adjacent to an activating group) is 2. The minimum absolute atomic E-state index is 0. The summed E-state index contributed by atoms with van der Waals surface area (Å²) in [6.45, 7) is 14.4. The standard InChI is InChI=1S/C54H80N10O8.2ClH/c1-31(55-9)47(67)61-45(53(3,4)5)51(71)63-29-35(27-41(63)49(69)59-39-23-15-19-33-17-11-13-21-37(33)39)57-43(65)25-26-44(66)58-36-28-42(50(70)60-40-24-16-20-34-18-12-14-22-38(34)40)64(30-36)52(72)46(54(6,7)8)62-48(68)32(2)56-10;;/h11-14,17-18,21-22,31-32,35-36,39-42,45-46,55-56H,15-16,19-20,23-30H2,1-10H3,(H,57,65)(H,58,66)(H,59,69)(H,60,70)(H,61,67)(H,62,68);2*1H/t31-,32-,35-,36?,39+,40+,41-,42-,45-,46-;;/m0../s1. The summed E-state index contributed by atoms with van der Waals surface area (Å²) in [6, 6.07) is 9.18. The minimum Gasteiger partial charge on any atom is -0.351 e. The molecule has 20 heteroatoms. The van der Waals surface area contributed by atoms with Gasteiger partial charge in [-0.05, 0) is 112 Å². The molecule has 0 aromatic heterocycles. The summed E-state index contributed by atoms with van der Waals surface area (Å²) in [5.41, 5.74) is 2.94. The van der Waals surface area contributed by atoms with E-state index in [1.54, 1.807) is 27.9 Å². The van der Waals surface area contributed by atoms with Gasteiger partial charge in [-0.2, -0.15) is 0 Å². The summed E-state index contributed by atoms with van der Waals surface area (Å²) in [5, 5.41) is 24.0. The van der Waals surface area contributed by atoms with E-state index >= 15 is 0 Å². The van der Waals surface area contributed by atoms with Gasteiger partial charge in [0, 0.05) is 38.0 Å². The number of hydrogen-bond donors (Lipinski definition) is 8. The van der Waals surface area contributed by atoms with Crippen molar-refractivity contribution in [1.82, 2.24) is 52.3 Å². The van der Waals surface area contributed by atoms with E-state index in [1.165, 1.54) is 9.80 Å². The molecule has 74 heavy (non-hydrogen) atoms. The van der Waals surface area contributed by atoms with E-state index in [9.17, 15) is 38.4 Å². The Hall–Kier alpha value is -5.30. The first kappa shape index (κ1) is 61.2. The highest BCUT2D eigenvalue weighted by atomic mass is 35.5. The normalized spacial score (nSPS) is 22.9. The molecule has 0 spiro atoms. The van der Waals surface area contributed by atoms with Crippen molar-refractivity contribution in [2.24, 2.45) is 10.8 Å². The summed E-state index contributed by atoms with van der Waals surface area (Å²) in [4.78, 5) is 114. The molecule has 0 bridgehead atoms. The van der Waals surface area contributed by atoms with E-state index in [2.05, 4.69) is 54.7 Å². The Morgan fingerprint density at radius 2 is 0.905 bits per heavy atom. The van der Waals surface area contributed by atoms with Gasteiger partial charge >= 0.3 is 0 Å². The van der Waals surface area contributed by atoms with Crippen LogP contribution in [0, 0.1) is 10.8 Å². The third kappa shape index (κ3) is 15.2.